The molecule has 0 saturated heterocycles. The fourth-order valence-corrected chi connectivity index (χ4v) is 1.37. The number of aliphatic hydroxyl groups excluding tert-OH is 1. The average molecular weight is 240 g/mol. The minimum atomic E-state index is -0.925. The van der Waals surface area contributed by atoms with Crippen LogP contribution >= 0.6 is 0 Å². The zero-order valence-corrected chi connectivity index (χ0v) is 10.6. The Morgan fingerprint density at radius 1 is 1.24 bits per heavy atom. The van der Waals surface area contributed by atoms with Crippen LogP contribution in [0.4, 0.5) is 0 Å². The van der Waals surface area contributed by atoms with Crippen LogP contribution in [0.3, 0.4) is 0 Å². The maximum absolute atomic E-state index is 9.64. The normalized spacial score (nSPS) is 11.4. The van der Waals surface area contributed by atoms with Gasteiger partial charge in [-0.15, -0.1) is 0 Å². The molecule has 0 atom stereocenters. The van der Waals surface area contributed by atoms with Gasteiger partial charge in [0, 0.05) is 5.56 Å². The Morgan fingerprint density at radius 3 is 2.47 bits per heavy atom. The van der Waals surface area contributed by atoms with Crippen molar-refractivity contribution in [2.45, 2.75) is 33.0 Å². The Hall–Kier alpha value is -1.26. The van der Waals surface area contributed by atoms with Crippen LogP contribution in [-0.2, 0) is 6.61 Å². The van der Waals surface area contributed by atoms with Crippen molar-refractivity contribution in [3.05, 3.63) is 23.8 Å². The molecule has 0 spiro atoms. The van der Waals surface area contributed by atoms with Gasteiger partial charge in [0.2, 0.25) is 0 Å². The molecule has 1 aromatic carbocycles. The van der Waals surface area contributed by atoms with Gasteiger partial charge in [0.1, 0.15) is 6.61 Å². The van der Waals surface area contributed by atoms with Gasteiger partial charge in [-0.25, -0.2) is 0 Å². The van der Waals surface area contributed by atoms with Gasteiger partial charge in [0.25, 0.3) is 0 Å². The highest BCUT2D eigenvalue weighted by molar-refractivity contribution is 5.46. The Morgan fingerprint density at radius 2 is 1.94 bits per heavy atom. The van der Waals surface area contributed by atoms with Crippen LogP contribution in [0.15, 0.2) is 18.2 Å². The topological polar surface area (TPSA) is 58.9 Å². The van der Waals surface area contributed by atoms with Gasteiger partial charge in [-0.3, -0.25) is 0 Å². The predicted octanol–water partition coefficient (Wildman–Crippen LogP) is 1.73. The van der Waals surface area contributed by atoms with Crippen LogP contribution in [0.5, 0.6) is 11.5 Å². The second kappa shape index (κ2) is 5.89. The Bertz CT molecular complexity index is 355. The quantitative estimate of drug-likeness (QED) is 0.795. The van der Waals surface area contributed by atoms with Crippen molar-refractivity contribution in [2.24, 2.45) is 0 Å². The molecular formula is C13H20O4. The van der Waals surface area contributed by atoms with Crippen LogP contribution < -0.4 is 9.47 Å². The number of hydrogen-bond donors (Lipinski definition) is 2. The molecule has 0 unspecified atom stereocenters. The molecule has 4 heteroatoms. The number of hydrogen-bond acceptors (Lipinski definition) is 4. The summed E-state index contributed by atoms with van der Waals surface area (Å²) in [5.41, 5.74) is -0.272. The lowest BCUT2D eigenvalue weighted by atomic mass is 10.1. The largest absolute Gasteiger partial charge is 0.490 e. The molecule has 0 radical (unpaired) electrons. The highest BCUT2D eigenvalue weighted by atomic mass is 16.5. The molecule has 0 fully saturated rings. The molecule has 0 aliphatic carbocycles. The highest BCUT2D eigenvalue weighted by Crippen LogP contribution is 2.32. The molecule has 0 amide bonds. The molecule has 0 aromatic heterocycles. The number of aliphatic hydroxyl groups is 2. The van der Waals surface area contributed by atoms with E-state index in [9.17, 15) is 10.2 Å². The minimum Gasteiger partial charge on any atom is -0.490 e. The first kappa shape index (κ1) is 13.8. The maximum atomic E-state index is 9.64. The Balaban J connectivity index is 2.92. The third kappa shape index (κ3) is 4.24. The fraction of sp³-hybridized carbons (Fsp3) is 0.538. The predicted molar refractivity (Wildman–Crippen MR) is 65.3 cm³/mol. The van der Waals surface area contributed by atoms with Crippen LogP contribution in [-0.4, -0.2) is 29.0 Å². The van der Waals surface area contributed by atoms with Gasteiger partial charge in [-0.1, -0.05) is 12.1 Å². The van der Waals surface area contributed by atoms with Crippen LogP contribution in [0.1, 0.15) is 26.3 Å². The van der Waals surface area contributed by atoms with E-state index in [1.54, 1.807) is 32.0 Å². The van der Waals surface area contributed by atoms with Crippen molar-refractivity contribution in [3.63, 3.8) is 0 Å². The molecule has 17 heavy (non-hydrogen) atoms. The van der Waals surface area contributed by atoms with Crippen LogP contribution in [0.2, 0.25) is 0 Å². The smallest absolute Gasteiger partial charge is 0.166 e. The summed E-state index contributed by atoms with van der Waals surface area (Å²) in [5.74, 6) is 1.09. The van der Waals surface area contributed by atoms with E-state index in [4.69, 9.17) is 9.47 Å². The summed E-state index contributed by atoms with van der Waals surface area (Å²) >= 11 is 0. The lowest BCUT2D eigenvalue weighted by molar-refractivity contribution is 0.0266. The van der Waals surface area contributed by atoms with E-state index in [1.165, 1.54) is 0 Å². The van der Waals surface area contributed by atoms with E-state index >= 15 is 0 Å². The fourth-order valence-electron chi connectivity index (χ4n) is 1.37. The Kier molecular flexibility index (Phi) is 4.78. The lowest BCUT2D eigenvalue weighted by Gasteiger charge is -2.20. The molecule has 2 N–H and O–H groups in total. The maximum Gasteiger partial charge on any atom is 0.166 e. The first-order valence-electron chi connectivity index (χ1n) is 5.68. The number of para-hydroxylation sites is 1. The zero-order chi connectivity index (χ0) is 12.9. The number of rotatable bonds is 6. The highest BCUT2D eigenvalue weighted by Gasteiger charge is 2.17. The van der Waals surface area contributed by atoms with Gasteiger partial charge in [0.05, 0.1) is 18.8 Å². The van der Waals surface area contributed by atoms with Crippen molar-refractivity contribution < 1.29 is 19.7 Å². The molecule has 0 saturated carbocycles. The molecule has 0 aliphatic rings. The monoisotopic (exact) mass is 240 g/mol. The molecular weight excluding hydrogens is 220 g/mol. The van der Waals surface area contributed by atoms with Crippen molar-refractivity contribution in [2.75, 3.05) is 13.2 Å². The molecule has 0 heterocycles. The first-order chi connectivity index (χ1) is 7.98. The van der Waals surface area contributed by atoms with E-state index in [2.05, 4.69) is 0 Å². The second-order valence-electron chi connectivity index (χ2n) is 4.44. The summed E-state index contributed by atoms with van der Waals surface area (Å²) in [4.78, 5) is 0. The van der Waals surface area contributed by atoms with Gasteiger partial charge < -0.3 is 19.7 Å². The van der Waals surface area contributed by atoms with Crippen molar-refractivity contribution in [3.8, 4) is 11.5 Å². The van der Waals surface area contributed by atoms with Gasteiger partial charge in [-0.2, -0.15) is 0 Å². The second-order valence-corrected chi connectivity index (χ2v) is 4.44. The van der Waals surface area contributed by atoms with Crippen LogP contribution in [0, 0.1) is 0 Å². The zero-order valence-electron chi connectivity index (χ0n) is 10.6. The summed E-state index contributed by atoms with van der Waals surface area (Å²) in [7, 11) is 0. The molecule has 0 aliphatic heterocycles. The van der Waals surface area contributed by atoms with Crippen molar-refractivity contribution >= 4 is 0 Å². The van der Waals surface area contributed by atoms with Gasteiger partial charge in [0.15, 0.2) is 11.5 Å². The molecule has 1 rings (SSSR count). The van der Waals surface area contributed by atoms with E-state index in [1.807, 2.05) is 6.92 Å². The lowest BCUT2D eigenvalue weighted by Crippen LogP contribution is -2.28. The summed E-state index contributed by atoms with van der Waals surface area (Å²) in [6.45, 7) is 5.75. The summed E-state index contributed by atoms with van der Waals surface area (Å²) in [5, 5.41) is 18.9. The SMILES string of the molecule is CCOc1cccc(CO)c1OCC(C)(C)O. The van der Waals surface area contributed by atoms with Crippen molar-refractivity contribution in [1.82, 2.24) is 0 Å². The average Bonchev–Trinajstić information content (AvgIpc) is 2.26. The molecule has 96 valence electrons. The van der Waals surface area contributed by atoms with E-state index in [-0.39, 0.29) is 13.2 Å². The Labute approximate surface area is 102 Å². The van der Waals surface area contributed by atoms with E-state index in [0.717, 1.165) is 0 Å². The summed E-state index contributed by atoms with van der Waals surface area (Å²) in [6, 6.07) is 5.35. The third-order valence-electron chi connectivity index (χ3n) is 2.10. The molecule has 0 bridgehead atoms. The van der Waals surface area contributed by atoms with Gasteiger partial charge >= 0.3 is 0 Å². The summed E-state index contributed by atoms with van der Waals surface area (Å²) in [6.07, 6.45) is 0. The van der Waals surface area contributed by atoms with Gasteiger partial charge in [-0.05, 0) is 26.8 Å². The van der Waals surface area contributed by atoms with E-state index in [0.29, 0.717) is 23.7 Å². The third-order valence-corrected chi connectivity index (χ3v) is 2.10. The van der Waals surface area contributed by atoms with Crippen LogP contribution in [0.25, 0.3) is 0 Å². The van der Waals surface area contributed by atoms with Crippen molar-refractivity contribution in [1.29, 1.82) is 0 Å². The minimum absolute atomic E-state index is 0.123. The summed E-state index contributed by atoms with van der Waals surface area (Å²) < 4.78 is 11.0. The molecule has 4 nitrogen and oxygen atoms in total. The molecule has 1 aromatic rings. The standard InChI is InChI=1S/C13H20O4/c1-4-16-11-7-5-6-10(8-14)12(11)17-9-13(2,3)15/h5-7,14-15H,4,8-9H2,1-3H3. The van der Waals surface area contributed by atoms with E-state index < -0.39 is 5.60 Å². The number of ether oxygens (including phenoxy) is 2. The number of benzene rings is 1. The first-order valence-corrected chi connectivity index (χ1v) is 5.68.